The Hall–Kier alpha value is -1.88. The van der Waals surface area contributed by atoms with Crippen molar-refractivity contribution in [2.45, 2.75) is 13.0 Å². The first-order valence-corrected chi connectivity index (χ1v) is 5.48. The monoisotopic (exact) mass is 249 g/mol. The zero-order valence-corrected chi connectivity index (χ0v) is 10.0. The van der Waals surface area contributed by atoms with E-state index in [0.29, 0.717) is 11.5 Å². The molecule has 0 aliphatic heterocycles. The summed E-state index contributed by atoms with van der Waals surface area (Å²) in [4.78, 5) is 11.8. The molecule has 1 atom stereocenters. The normalized spacial score (nSPS) is 12.1. The summed E-state index contributed by atoms with van der Waals surface area (Å²) in [5, 5.41) is 3.43. The number of hydrogen-bond acceptors (Lipinski definition) is 5. The molecule has 2 aromatic rings. The van der Waals surface area contributed by atoms with Gasteiger partial charge in [-0.25, -0.2) is 9.97 Å². The summed E-state index contributed by atoms with van der Waals surface area (Å²) < 4.78 is 0. The Morgan fingerprint density at radius 3 is 2.71 bits per heavy atom. The molecule has 2 aromatic heterocycles. The minimum atomic E-state index is 0.0614. The van der Waals surface area contributed by atoms with Gasteiger partial charge in [0.2, 0.25) is 0 Å². The summed E-state index contributed by atoms with van der Waals surface area (Å²) in [5.74, 6) is 0.536. The first kappa shape index (κ1) is 11.6. The maximum atomic E-state index is 5.82. The molecule has 6 heteroatoms. The minimum Gasteiger partial charge on any atom is -0.393 e. The highest BCUT2D eigenvalue weighted by Gasteiger charge is 2.10. The highest BCUT2D eigenvalue weighted by atomic mass is 35.5. The number of hydrogen-bond donors (Lipinski definition) is 2. The maximum absolute atomic E-state index is 5.82. The van der Waals surface area contributed by atoms with Gasteiger partial charge in [-0.15, -0.1) is 0 Å². The Bertz CT molecular complexity index is 502. The molecule has 17 heavy (non-hydrogen) atoms. The van der Waals surface area contributed by atoms with Crippen molar-refractivity contribution < 1.29 is 0 Å². The van der Waals surface area contributed by atoms with Crippen molar-refractivity contribution in [3.05, 3.63) is 41.6 Å². The third-order valence-electron chi connectivity index (χ3n) is 2.39. The Morgan fingerprint density at radius 1 is 1.29 bits per heavy atom. The summed E-state index contributed by atoms with van der Waals surface area (Å²) in [7, 11) is 0. The predicted molar refractivity (Wildman–Crippen MR) is 67.7 cm³/mol. The maximum Gasteiger partial charge on any atom is 0.157 e. The van der Waals surface area contributed by atoms with Crippen LogP contribution in [0.2, 0.25) is 5.15 Å². The lowest BCUT2D eigenvalue weighted by atomic mass is 10.1. The second-order valence-electron chi connectivity index (χ2n) is 3.57. The van der Waals surface area contributed by atoms with Crippen molar-refractivity contribution in [3.63, 3.8) is 0 Å². The van der Waals surface area contributed by atoms with Crippen LogP contribution in [-0.4, -0.2) is 15.0 Å². The van der Waals surface area contributed by atoms with E-state index < -0.39 is 0 Å². The Balaban J connectivity index is 2.19. The molecule has 0 saturated heterocycles. The summed E-state index contributed by atoms with van der Waals surface area (Å²) in [5.41, 5.74) is 7.23. The summed E-state index contributed by atoms with van der Waals surface area (Å²) in [6.45, 7) is 2.00. The lowest BCUT2D eigenvalue weighted by Crippen LogP contribution is -2.10. The third kappa shape index (κ3) is 2.62. The van der Waals surface area contributed by atoms with E-state index in [2.05, 4.69) is 20.3 Å². The number of halogens is 1. The van der Waals surface area contributed by atoms with Crippen LogP contribution in [0.4, 0.5) is 11.5 Å². The smallest absolute Gasteiger partial charge is 0.157 e. The van der Waals surface area contributed by atoms with Crippen LogP contribution in [0.1, 0.15) is 18.5 Å². The number of nitrogens with two attached hydrogens (primary N) is 1. The van der Waals surface area contributed by atoms with E-state index in [9.17, 15) is 0 Å². The number of pyridine rings is 1. The molecule has 1 unspecified atom stereocenters. The largest absolute Gasteiger partial charge is 0.393 e. The molecule has 0 fully saturated rings. The van der Waals surface area contributed by atoms with Gasteiger partial charge < -0.3 is 11.1 Å². The van der Waals surface area contributed by atoms with Crippen molar-refractivity contribution in [3.8, 4) is 0 Å². The first-order valence-electron chi connectivity index (χ1n) is 5.11. The van der Waals surface area contributed by atoms with Gasteiger partial charge in [0.05, 0.1) is 6.04 Å². The molecule has 5 nitrogen and oxygen atoms in total. The fourth-order valence-electron chi connectivity index (χ4n) is 1.43. The Kier molecular flexibility index (Phi) is 3.39. The van der Waals surface area contributed by atoms with E-state index in [1.54, 1.807) is 12.4 Å². The summed E-state index contributed by atoms with van der Waals surface area (Å²) in [6.07, 6.45) is 4.86. The highest BCUT2D eigenvalue weighted by molar-refractivity contribution is 6.32. The Morgan fingerprint density at radius 2 is 2.00 bits per heavy atom. The quantitative estimate of drug-likeness (QED) is 0.816. The van der Waals surface area contributed by atoms with E-state index in [-0.39, 0.29) is 11.2 Å². The molecular weight excluding hydrogens is 238 g/mol. The van der Waals surface area contributed by atoms with E-state index in [0.717, 1.165) is 5.56 Å². The molecule has 3 N–H and O–H groups in total. The van der Waals surface area contributed by atoms with Crippen molar-refractivity contribution in [1.29, 1.82) is 0 Å². The van der Waals surface area contributed by atoms with Gasteiger partial charge in [0.15, 0.2) is 11.0 Å². The van der Waals surface area contributed by atoms with Crippen molar-refractivity contribution >= 4 is 23.1 Å². The molecule has 2 rings (SSSR count). The van der Waals surface area contributed by atoms with Crippen LogP contribution in [0.25, 0.3) is 0 Å². The van der Waals surface area contributed by atoms with Crippen LogP contribution >= 0.6 is 11.6 Å². The van der Waals surface area contributed by atoms with Crippen LogP contribution in [-0.2, 0) is 0 Å². The highest BCUT2D eigenvalue weighted by Crippen LogP contribution is 2.25. The van der Waals surface area contributed by atoms with Crippen LogP contribution in [0.5, 0.6) is 0 Å². The number of rotatable bonds is 3. The van der Waals surface area contributed by atoms with Crippen molar-refractivity contribution in [2.24, 2.45) is 0 Å². The number of nitrogen functional groups attached to an aromatic ring is 1. The molecule has 0 aliphatic rings. The molecule has 0 amide bonds. The fraction of sp³-hybridized carbons (Fsp3) is 0.182. The average Bonchev–Trinajstić information content (AvgIpc) is 2.36. The lowest BCUT2D eigenvalue weighted by molar-refractivity contribution is 0.869. The van der Waals surface area contributed by atoms with Gasteiger partial charge in [-0.05, 0) is 24.6 Å². The second kappa shape index (κ2) is 4.97. The van der Waals surface area contributed by atoms with Gasteiger partial charge >= 0.3 is 0 Å². The van der Waals surface area contributed by atoms with Crippen LogP contribution < -0.4 is 11.1 Å². The molecule has 0 spiro atoms. The third-order valence-corrected chi connectivity index (χ3v) is 2.70. The molecule has 0 bridgehead atoms. The molecule has 0 radical (unpaired) electrons. The number of nitrogens with one attached hydrogen (secondary N) is 1. The molecule has 0 saturated carbocycles. The van der Waals surface area contributed by atoms with Gasteiger partial charge in [-0.2, -0.15) is 0 Å². The zero-order valence-electron chi connectivity index (χ0n) is 9.26. The van der Waals surface area contributed by atoms with E-state index in [1.165, 1.54) is 6.33 Å². The van der Waals surface area contributed by atoms with Crippen LogP contribution in [0.3, 0.4) is 0 Å². The topological polar surface area (TPSA) is 76.7 Å². The van der Waals surface area contributed by atoms with Gasteiger partial charge in [-0.3, -0.25) is 4.98 Å². The first-order chi connectivity index (χ1) is 8.18. The SMILES string of the molecule is CC(Nc1ncnc(Cl)c1N)c1ccncc1. The summed E-state index contributed by atoms with van der Waals surface area (Å²) in [6, 6.07) is 3.92. The van der Waals surface area contributed by atoms with Gasteiger partial charge in [0.1, 0.15) is 12.0 Å². The average molecular weight is 250 g/mol. The van der Waals surface area contributed by atoms with Gasteiger partial charge in [0, 0.05) is 12.4 Å². The number of aromatic nitrogens is 3. The van der Waals surface area contributed by atoms with Gasteiger partial charge in [-0.1, -0.05) is 11.6 Å². The Labute approximate surface area is 104 Å². The fourth-order valence-corrected chi connectivity index (χ4v) is 1.56. The second-order valence-corrected chi connectivity index (χ2v) is 3.93. The molecule has 0 aromatic carbocycles. The van der Waals surface area contributed by atoms with Crippen LogP contribution in [0.15, 0.2) is 30.9 Å². The number of anilines is 2. The predicted octanol–water partition coefficient (Wildman–Crippen LogP) is 2.28. The number of nitrogens with zero attached hydrogens (tertiary/aromatic N) is 3. The standard InChI is InChI=1S/C11H12ClN5/c1-7(8-2-4-14-5-3-8)17-11-9(13)10(12)15-6-16-11/h2-7H,13H2,1H3,(H,15,16,17). The van der Waals surface area contributed by atoms with Crippen molar-refractivity contribution in [1.82, 2.24) is 15.0 Å². The lowest BCUT2D eigenvalue weighted by Gasteiger charge is -2.15. The minimum absolute atomic E-state index is 0.0614. The van der Waals surface area contributed by atoms with Crippen LogP contribution in [0, 0.1) is 0 Å². The molecule has 0 aliphatic carbocycles. The van der Waals surface area contributed by atoms with Gasteiger partial charge in [0.25, 0.3) is 0 Å². The van der Waals surface area contributed by atoms with E-state index in [1.807, 2.05) is 19.1 Å². The molecule has 2 heterocycles. The van der Waals surface area contributed by atoms with E-state index >= 15 is 0 Å². The van der Waals surface area contributed by atoms with Crippen molar-refractivity contribution in [2.75, 3.05) is 11.1 Å². The molecule has 88 valence electrons. The zero-order chi connectivity index (χ0) is 12.3. The van der Waals surface area contributed by atoms with E-state index in [4.69, 9.17) is 17.3 Å². The summed E-state index contributed by atoms with van der Waals surface area (Å²) >= 11 is 5.82. The molecular formula is C11H12ClN5.